The van der Waals surface area contributed by atoms with Gasteiger partial charge in [0.25, 0.3) is 0 Å². The molecule has 2 rings (SSSR count). The first kappa shape index (κ1) is 14.4. The Kier molecular flexibility index (Phi) is 4.65. The number of alkyl halides is 3. The van der Waals surface area contributed by atoms with Crippen molar-refractivity contribution in [1.29, 1.82) is 0 Å². The minimum Gasteiger partial charge on any atom is -0.475 e. The van der Waals surface area contributed by atoms with E-state index in [9.17, 15) is 13.2 Å². The van der Waals surface area contributed by atoms with Crippen molar-refractivity contribution in [3.63, 3.8) is 0 Å². The summed E-state index contributed by atoms with van der Waals surface area (Å²) in [5.41, 5.74) is -0.867. The van der Waals surface area contributed by atoms with Crippen molar-refractivity contribution in [2.75, 3.05) is 26.2 Å². The molecular formula is C12H15F3N4O. The highest BCUT2D eigenvalue weighted by Gasteiger charge is 2.34. The summed E-state index contributed by atoms with van der Waals surface area (Å²) in [7, 11) is 0. The monoisotopic (exact) mass is 288 g/mol. The molecule has 0 aliphatic carbocycles. The fourth-order valence-corrected chi connectivity index (χ4v) is 1.69. The Morgan fingerprint density at radius 2 is 2.25 bits per heavy atom. The van der Waals surface area contributed by atoms with Gasteiger partial charge in [0.05, 0.1) is 6.54 Å². The molecule has 0 aromatic carbocycles. The number of pyridine rings is 1. The van der Waals surface area contributed by atoms with Crippen LogP contribution < -0.4 is 15.4 Å². The summed E-state index contributed by atoms with van der Waals surface area (Å²) in [6.07, 6.45) is -2.22. The van der Waals surface area contributed by atoms with Crippen LogP contribution in [0.25, 0.3) is 0 Å². The molecule has 2 heterocycles. The lowest BCUT2D eigenvalue weighted by Gasteiger charge is -2.16. The van der Waals surface area contributed by atoms with Gasteiger partial charge in [-0.3, -0.25) is 4.99 Å². The minimum atomic E-state index is -4.47. The van der Waals surface area contributed by atoms with Crippen LogP contribution in [0.4, 0.5) is 13.2 Å². The van der Waals surface area contributed by atoms with Crippen molar-refractivity contribution < 1.29 is 17.9 Å². The smallest absolute Gasteiger partial charge is 0.421 e. The van der Waals surface area contributed by atoms with E-state index in [4.69, 9.17) is 4.74 Å². The fraction of sp³-hybridized carbons (Fsp3) is 0.500. The van der Waals surface area contributed by atoms with Crippen molar-refractivity contribution in [2.24, 2.45) is 4.99 Å². The van der Waals surface area contributed by atoms with Gasteiger partial charge in [-0.15, -0.1) is 0 Å². The lowest BCUT2D eigenvalue weighted by Crippen LogP contribution is -2.42. The van der Waals surface area contributed by atoms with Crippen molar-refractivity contribution in [1.82, 2.24) is 15.6 Å². The van der Waals surface area contributed by atoms with Crippen molar-refractivity contribution in [3.8, 4) is 5.88 Å². The summed E-state index contributed by atoms with van der Waals surface area (Å²) in [6.45, 7) is 2.00. The molecule has 0 amide bonds. The molecule has 20 heavy (non-hydrogen) atoms. The second-order valence-corrected chi connectivity index (χ2v) is 4.14. The fourth-order valence-electron chi connectivity index (χ4n) is 1.69. The van der Waals surface area contributed by atoms with Gasteiger partial charge in [-0.05, 0) is 18.6 Å². The summed E-state index contributed by atoms with van der Waals surface area (Å²) < 4.78 is 43.1. The van der Waals surface area contributed by atoms with E-state index in [0.717, 1.165) is 25.6 Å². The van der Waals surface area contributed by atoms with Crippen LogP contribution in [0.2, 0.25) is 0 Å². The largest absolute Gasteiger partial charge is 0.475 e. The summed E-state index contributed by atoms with van der Waals surface area (Å²) in [4.78, 5) is 7.79. The molecule has 0 radical (unpaired) electrons. The van der Waals surface area contributed by atoms with Crippen LogP contribution in [0.3, 0.4) is 0 Å². The first-order valence-electron chi connectivity index (χ1n) is 6.24. The molecule has 8 heteroatoms. The van der Waals surface area contributed by atoms with Crippen LogP contribution in [0.5, 0.6) is 5.88 Å². The maximum atomic E-state index is 12.7. The van der Waals surface area contributed by atoms with Crippen LogP contribution in [0.1, 0.15) is 12.0 Å². The van der Waals surface area contributed by atoms with E-state index in [1.165, 1.54) is 12.3 Å². The minimum absolute atomic E-state index is 0.0702. The second kappa shape index (κ2) is 6.44. The van der Waals surface area contributed by atoms with Gasteiger partial charge in [0.1, 0.15) is 12.2 Å². The number of ether oxygens (including phenoxy) is 1. The highest BCUT2D eigenvalue weighted by Crippen LogP contribution is 2.34. The van der Waals surface area contributed by atoms with Gasteiger partial charge in [0.15, 0.2) is 5.96 Å². The molecule has 0 unspecified atom stereocenters. The number of hydrogen-bond donors (Lipinski definition) is 2. The summed E-state index contributed by atoms with van der Waals surface area (Å²) in [6, 6.07) is 2.18. The Labute approximate surface area is 114 Å². The van der Waals surface area contributed by atoms with Crippen LogP contribution in [-0.2, 0) is 6.18 Å². The predicted molar refractivity (Wildman–Crippen MR) is 67.7 cm³/mol. The normalized spacial score (nSPS) is 15.2. The molecule has 0 spiro atoms. The summed E-state index contributed by atoms with van der Waals surface area (Å²) in [5, 5.41) is 6.00. The standard InChI is InChI=1S/C12H15F3N4O/c13-12(14,15)9-3-1-4-16-10(9)20-8-7-19-11-17-5-2-6-18-11/h1,3-4H,2,5-8H2,(H2,17,18,19). The van der Waals surface area contributed by atoms with Gasteiger partial charge in [0.2, 0.25) is 5.88 Å². The summed E-state index contributed by atoms with van der Waals surface area (Å²) >= 11 is 0. The Morgan fingerprint density at radius 3 is 2.95 bits per heavy atom. The molecule has 110 valence electrons. The first-order chi connectivity index (χ1) is 9.57. The molecule has 0 atom stereocenters. The molecule has 1 aromatic rings. The average Bonchev–Trinajstić information content (AvgIpc) is 2.44. The van der Waals surface area contributed by atoms with Gasteiger partial charge in [-0.25, -0.2) is 4.98 Å². The maximum Gasteiger partial charge on any atom is 0.421 e. The third kappa shape index (κ3) is 4.01. The molecule has 1 aromatic heterocycles. The lowest BCUT2D eigenvalue weighted by atomic mass is 10.2. The van der Waals surface area contributed by atoms with Crippen molar-refractivity contribution in [3.05, 3.63) is 23.9 Å². The maximum absolute atomic E-state index is 12.7. The number of halogens is 3. The van der Waals surface area contributed by atoms with E-state index >= 15 is 0 Å². The van der Waals surface area contributed by atoms with Crippen molar-refractivity contribution >= 4 is 5.96 Å². The number of aliphatic imine (C=N–C) groups is 1. The van der Waals surface area contributed by atoms with E-state index in [2.05, 4.69) is 20.6 Å². The molecule has 0 fully saturated rings. The number of nitrogens with zero attached hydrogens (tertiary/aromatic N) is 2. The van der Waals surface area contributed by atoms with E-state index in [1.54, 1.807) is 0 Å². The molecule has 5 nitrogen and oxygen atoms in total. The highest BCUT2D eigenvalue weighted by molar-refractivity contribution is 5.80. The topological polar surface area (TPSA) is 58.5 Å². The Morgan fingerprint density at radius 1 is 1.40 bits per heavy atom. The molecule has 0 saturated carbocycles. The Balaban J connectivity index is 1.84. The van der Waals surface area contributed by atoms with Gasteiger partial charge in [0, 0.05) is 19.3 Å². The van der Waals surface area contributed by atoms with Gasteiger partial charge in [-0.1, -0.05) is 0 Å². The zero-order valence-corrected chi connectivity index (χ0v) is 10.7. The van der Waals surface area contributed by atoms with E-state index in [-0.39, 0.29) is 6.61 Å². The number of rotatable bonds is 4. The van der Waals surface area contributed by atoms with Crippen molar-refractivity contribution in [2.45, 2.75) is 12.6 Å². The van der Waals surface area contributed by atoms with E-state index < -0.39 is 17.6 Å². The van der Waals surface area contributed by atoms with Crippen LogP contribution >= 0.6 is 0 Å². The third-order valence-corrected chi connectivity index (χ3v) is 2.61. The van der Waals surface area contributed by atoms with Crippen LogP contribution in [0, 0.1) is 0 Å². The third-order valence-electron chi connectivity index (χ3n) is 2.61. The molecule has 1 aliphatic rings. The Bertz CT molecular complexity index is 476. The average molecular weight is 288 g/mol. The zero-order chi connectivity index (χ0) is 14.4. The number of aromatic nitrogens is 1. The summed E-state index contributed by atoms with van der Waals surface area (Å²) in [5.74, 6) is 0.247. The van der Waals surface area contributed by atoms with Gasteiger partial charge < -0.3 is 15.4 Å². The quantitative estimate of drug-likeness (QED) is 0.823. The zero-order valence-electron chi connectivity index (χ0n) is 10.7. The molecule has 0 bridgehead atoms. The van der Waals surface area contributed by atoms with Gasteiger partial charge >= 0.3 is 6.18 Å². The molecular weight excluding hydrogens is 273 g/mol. The SMILES string of the molecule is FC(F)(F)c1cccnc1OCCNC1=NCCCN1. The first-order valence-corrected chi connectivity index (χ1v) is 6.24. The van der Waals surface area contributed by atoms with Crippen LogP contribution in [0.15, 0.2) is 23.3 Å². The predicted octanol–water partition coefficient (Wildman–Crippen LogP) is 1.42. The number of guanidine groups is 1. The number of nitrogens with one attached hydrogen (secondary N) is 2. The van der Waals surface area contributed by atoms with Gasteiger partial charge in [-0.2, -0.15) is 13.2 Å². The molecule has 0 saturated heterocycles. The number of hydrogen-bond acceptors (Lipinski definition) is 5. The van der Waals surface area contributed by atoms with Crippen LogP contribution in [-0.4, -0.2) is 37.2 Å². The highest BCUT2D eigenvalue weighted by atomic mass is 19.4. The Hall–Kier alpha value is -1.99. The molecule has 1 aliphatic heterocycles. The van der Waals surface area contributed by atoms with E-state index in [0.29, 0.717) is 12.5 Å². The van der Waals surface area contributed by atoms with E-state index in [1.807, 2.05) is 0 Å². The molecule has 2 N–H and O–H groups in total. The lowest BCUT2D eigenvalue weighted by molar-refractivity contribution is -0.139. The second-order valence-electron chi connectivity index (χ2n) is 4.14.